The van der Waals surface area contributed by atoms with E-state index in [9.17, 15) is 4.79 Å². The SMILES string of the molecule is CCN(CC)c1ccc(C(=O)N(CC)C2CCc3[nH]ncc3C2)cc1. The molecule has 0 saturated heterocycles. The lowest BCUT2D eigenvalue weighted by Gasteiger charge is -2.33. The fraction of sp³-hybridized carbons (Fsp3) is 0.500. The van der Waals surface area contributed by atoms with Crippen LogP contribution in [0.25, 0.3) is 0 Å². The van der Waals surface area contributed by atoms with E-state index >= 15 is 0 Å². The molecule has 2 aromatic rings. The molecule has 1 heterocycles. The van der Waals surface area contributed by atoms with Gasteiger partial charge in [-0.05, 0) is 69.9 Å². The number of hydrogen-bond acceptors (Lipinski definition) is 3. The Morgan fingerprint density at radius 3 is 2.52 bits per heavy atom. The van der Waals surface area contributed by atoms with Gasteiger partial charge >= 0.3 is 0 Å². The first-order chi connectivity index (χ1) is 12.2. The van der Waals surface area contributed by atoms with Gasteiger partial charge in [-0.3, -0.25) is 9.89 Å². The molecule has 5 nitrogen and oxygen atoms in total. The number of benzene rings is 1. The molecule has 0 radical (unpaired) electrons. The Morgan fingerprint density at radius 2 is 1.88 bits per heavy atom. The van der Waals surface area contributed by atoms with Gasteiger partial charge in [0, 0.05) is 42.6 Å². The second-order valence-electron chi connectivity index (χ2n) is 6.58. The smallest absolute Gasteiger partial charge is 0.254 e. The van der Waals surface area contributed by atoms with Crippen LogP contribution in [0.1, 0.15) is 48.8 Å². The van der Waals surface area contributed by atoms with Crippen molar-refractivity contribution in [3.05, 3.63) is 47.3 Å². The lowest BCUT2D eigenvalue weighted by atomic mass is 9.92. The third-order valence-corrected chi connectivity index (χ3v) is 5.28. The maximum absolute atomic E-state index is 13.0. The van der Waals surface area contributed by atoms with Crippen molar-refractivity contribution in [3.63, 3.8) is 0 Å². The summed E-state index contributed by atoms with van der Waals surface area (Å²) in [4.78, 5) is 17.3. The van der Waals surface area contributed by atoms with Crippen molar-refractivity contribution in [3.8, 4) is 0 Å². The van der Waals surface area contributed by atoms with Gasteiger partial charge in [0.2, 0.25) is 0 Å². The number of carbonyl (C=O) groups is 1. The zero-order valence-corrected chi connectivity index (χ0v) is 15.5. The van der Waals surface area contributed by atoms with Crippen molar-refractivity contribution in [2.75, 3.05) is 24.5 Å². The van der Waals surface area contributed by atoms with Gasteiger partial charge in [0.15, 0.2) is 0 Å². The van der Waals surface area contributed by atoms with Gasteiger partial charge in [-0.15, -0.1) is 0 Å². The minimum absolute atomic E-state index is 0.130. The Labute approximate surface area is 150 Å². The van der Waals surface area contributed by atoms with Gasteiger partial charge < -0.3 is 9.80 Å². The molecule has 1 aromatic heterocycles. The van der Waals surface area contributed by atoms with Crippen molar-refractivity contribution >= 4 is 11.6 Å². The molecule has 1 N–H and O–H groups in total. The summed E-state index contributed by atoms with van der Waals surface area (Å²) < 4.78 is 0. The summed E-state index contributed by atoms with van der Waals surface area (Å²) in [6.07, 6.45) is 4.75. The maximum Gasteiger partial charge on any atom is 0.254 e. The zero-order chi connectivity index (χ0) is 17.8. The Morgan fingerprint density at radius 1 is 1.16 bits per heavy atom. The van der Waals surface area contributed by atoms with E-state index in [1.807, 2.05) is 23.2 Å². The summed E-state index contributed by atoms with van der Waals surface area (Å²) in [5.74, 6) is 0.130. The number of aromatic amines is 1. The first-order valence-electron chi connectivity index (χ1n) is 9.34. The zero-order valence-electron chi connectivity index (χ0n) is 15.5. The summed E-state index contributed by atoms with van der Waals surface area (Å²) >= 11 is 0. The van der Waals surface area contributed by atoms with Crippen LogP contribution in [0, 0.1) is 0 Å². The molecule has 1 aromatic carbocycles. The molecule has 1 atom stereocenters. The van der Waals surface area contributed by atoms with Crippen molar-refractivity contribution in [2.24, 2.45) is 0 Å². The Bertz CT molecular complexity index is 703. The van der Waals surface area contributed by atoms with Crippen LogP contribution in [0.4, 0.5) is 5.69 Å². The number of fused-ring (bicyclic) bond motifs is 1. The number of H-pyrrole nitrogens is 1. The number of hydrogen-bond donors (Lipinski definition) is 1. The monoisotopic (exact) mass is 340 g/mol. The highest BCUT2D eigenvalue weighted by Gasteiger charge is 2.28. The summed E-state index contributed by atoms with van der Waals surface area (Å²) in [6.45, 7) is 9.03. The Kier molecular flexibility index (Phi) is 5.41. The van der Waals surface area contributed by atoms with Gasteiger partial charge in [-0.1, -0.05) is 0 Å². The third kappa shape index (κ3) is 3.55. The highest BCUT2D eigenvalue weighted by Crippen LogP contribution is 2.24. The van der Waals surface area contributed by atoms with Crippen LogP contribution >= 0.6 is 0 Å². The van der Waals surface area contributed by atoms with Crippen molar-refractivity contribution < 1.29 is 4.79 Å². The quantitative estimate of drug-likeness (QED) is 0.878. The molecule has 0 saturated carbocycles. The second kappa shape index (κ2) is 7.72. The van der Waals surface area contributed by atoms with Crippen LogP contribution in [0.15, 0.2) is 30.5 Å². The van der Waals surface area contributed by atoms with E-state index in [4.69, 9.17) is 0 Å². The molecule has 0 bridgehead atoms. The minimum atomic E-state index is 0.130. The van der Waals surface area contributed by atoms with Crippen LogP contribution in [-0.2, 0) is 12.8 Å². The van der Waals surface area contributed by atoms with Gasteiger partial charge in [-0.2, -0.15) is 5.10 Å². The molecule has 1 amide bonds. The Balaban J connectivity index is 1.74. The third-order valence-electron chi connectivity index (χ3n) is 5.28. The minimum Gasteiger partial charge on any atom is -0.372 e. The number of aromatic nitrogens is 2. The lowest BCUT2D eigenvalue weighted by Crippen LogP contribution is -2.43. The van der Waals surface area contributed by atoms with Gasteiger partial charge in [0.1, 0.15) is 0 Å². The van der Waals surface area contributed by atoms with Gasteiger partial charge in [-0.25, -0.2) is 0 Å². The molecule has 134 valence electrons. The van der Waals surface area contributed by atoms with Crippen molar-refractivity contribution in [1.82, 2.24) is 15.1 Å². The molecule has 0 aliphatic heterocycles. The fourth-order valence-electron chi connectivity index (χ4n) is 3.80. The second-order valence-corrected chi connectivity index (χ2v) is 6.58. The summed E-state index contributed by atoms with van der Waals surface area (Å²) in [5, 5.41) is 7.20. The lowest BCUT2D eigenvalue weighted by molar-refractivity contribution is 0.0674. The largest absolute Gasteiger partial charge is 0.372 e. The topological polar surface area (TPSA) is 52.2 Å². The number of amides is 1. The molecule has 1 aliphatic rings. The Hall–Kier alpha value is -2.30. The van der Waals surface area contributed by atoms with E-state index in [1.54, 1.807) is 0 Å². The number of carbonyl (C=O) groups excluding carboxylic acids is 1. The van der Waals surface area contributed by atoms with Crippen LogP contribution in [-0.4, -0.2) is 46.7 Å². The predicted molar refractivity (Wildman–Crippen MR) is 101 cm³/mol. The van der Waals surface area contributed by atoms with Crippen molar-refractivity contribution in [1.29, 1.82) is 0 Å². The van der Waals surface area contributed by atoms with E-state index < -0.39 is 0 Å². The number of nitrogens with zero attached hydrogens (tertiary/aromatic N) is 3. The summed E-state index contributed by atoms with van der Waals surface area (Å²) in [7, 11) is 0. The number of rotatable bonds is 6. The standard InChI is InChI=1S/C20H28N4O/c1-4-23(5-2)17-9-7-15(8-10-17)20(25)24(6-3)18-11-12-19-16(13-18)14-21-22-19/h7-10,14,18H,4-6,11-13H2,1-3H3,(H,21,22). The van der Waals surface area contributed by atoms with Crippen LogP contribution in [0.2, 0.25) is 0 Å². The molecule has 1 aliphatic carbocycles. The van der Waals surface area contributed by atoms with Crippen LogP contribution < -0.4 is 4.90 Å². The highest BCUT2D eigenvalue weighted by atomic mass is 16.2. The average Bonchev–Trinajstić information content (AvgIpc) is 3.12. The van der Waals surface area contributed by atoms with Crippen molar-refractivity contribution in [2.45, 2.75) is 46.1 Å². The molecule has 0 spiro atoms. The average molecular weight is 340 g/mol. The van der Waals surface area contributed by atoms with E-state index in [-0.39, 0.29) is 11.9 Å². The predicted octanol–water partition coefficient (Wildman–Crippen LogP) is 3.28. The summed E-state index contributed by atoms with van der Waals surface area (Å²) in [5.41, 5.74) is 4.42. The molecule has 3 rings (SSSR count). The molecule has 0 fully saturated rings. The molecule has 1 unspecified atom stereocenters. The van der Waals surface area contributed by atoms with E-state index in [0.29, 0.717) is 0 Å². The molecule has 5 heteroatoms. The molecular formula is C20H28N4O. The normalized spacial score (nSPS) is 16.4. The van der Waals surface area contributed by atoms with Gasteiger partial charge in [0.05, 0.1) is 6.20 Å². The first kappa shape index (κ1) is 17.5. The number of aryl methyl sites for hydroxylation is 1. The highest BCUT2D eigenvalue weighted by molar-refractivity contribution is 5.94. The maximum atomic E-state index is 13.0. The number of likely N-dealkylation sites (N-methyl/N-ethyl adjacent to an activating group) is 1. The van der Waals surface area contributed by atoms with E-state index in [2.05, 4.69) is 48.0 Å². The molecule has 25 heavy (non-hydrogen) atoms. The van der Waals surface area contributed by atoms with E-state index in [0.717, 1.165) is 44.5 Å². The fourth-order valence-corrected chi connectivity index (χ4v) is 3.80. The number of anilines is 1. The van der Waals surface area contributed by atoms with Crippen LogP contribution in [0.5, 0.6) is 0 Å². The van der Waals surface area contributed by atoms with Gasteiger partial charge in [0.25, 0.3) is 5.91 Å². The van der Waals surface area contributed by atoms with E-state index in [1.165, 1.54) is 16.9 Å². The van der Waals surface area contributed by atoms with Crippen LogP contribution in [0.3, 0.4) is 0 Å². The summed E-state index contributed by atoms with van der Waals surface area (Å²) in [6, 6.07) is 8.30. The molecular weight excluding hydrogens is 312 g/mol. The first-order valence-corrected chi connectivity index (χ1v) is 9.34. The number of nitrogens with one attached hydrogen (secondary N) is 1.